The predicted octanol–water partition coefficient (Wildman–Crippen LogP) is 3.09. The molecule has 2 rings (SSSR count). The summed E-state index contributed by atoms with van der Waals surface area (Å²) in [7, 11) is -7.88. The average Bonchev–Trinajstić information content (AvgIpc) is 2.67. The third kappa shape index (κ3) is 8.01. The number of hydrogen-bond donors (Lipinski definition) is 2. The molecule has 0 fully saturated rings. The minimum Gasteiger partial charge on any atom is -0.406 e. The quantitative estimate of drug-likeness (QED) is 0.476. The van der Waals surface area contributed by atoms with Crippen LogP contribution in [-0.2, 0) is 24.8 Å². The fourth-order valence-corrected chi connectivity index (χ4v) is 4.48. The molecule has 0 saturated carbocycles. The van der Waals surface area contributed by atoms with Crippen LogP contribution in [0.15, 0.2) is 58.3 Å². The first kappa shape index (κ1) is 24.9. The Balaban J connectivity index is 2.03. The third-order valence-corrected chi connectivity index (χ3v) is 6.62. The molecule has 8 nitrogen and oxygen atoms in total. The second-order valence-corrected chi connectivity index (χ2v) is 9.55. The van der Waals surface area contributed by atoms with Crippen LogP contribution in [0, 0.1) is 0 Å². The van der Waals surface area contributed by atoms with Gasteiger partial charge in [0.2, 0.25) is 10.0 Å². The van der Waals surface area contributed by atoms with Crippen LogP contribution >= 0.6 is 0 Å². The maximum Gasteiger partial charge on any atom is 0.573 e. The molecule has 0 saturated heterocycles. The van der Waals surface area contributed by atoms with Gasteiger partial charge in [-0.1, -0.05) is 0 Å². The molecule has 0 aliphatic rings. The van der Waals surface area contributed by atoms with E-state index in [1.165, 1.54) is 24.3 Å². The molecule has 0 amide bonds. The fourth-order valence-electron chi connectivity index (χ4n) is 2.35. The molecular formula is C18H21F3N2O6S2. The number of nitrogens with one attached hydrogen (secondary N) is 2. The SMILES string of the molecule is CCOCCCNS(=O)(=O)c1ccc(NS(=O)(=O)c2ccc(OC(F)(F)F)cc2)cc1. The number of benzene rings is 2. The van der Waals surface area contributed by atoms with Crippen LogP contribution in [0.3, 0.4) is 0 Å². The van der Waals surface area contributed by atoms with E-state index in [1.807, 2.05) is 6.92 Å². The number of ether oxygens (including phenoxy) is 2. The molecule has 0 spiro atoms. The smallest absolute Gasteiger partial charge is 0.406 e. The van der Waals surface area contributed by atoms with Gasteiger partial charge in [-0.3, -0.25) is 4.72 Å². The summed E-state index contributed by atoms with van der Waals surface area (Å²) in [6.07, 6.45) is -4.39. The van der Waals surface area contributed by atoms with Gasteiger partial charge in [-0.2, -0.15) is 0 Å². The summed E-state index contributed by atoms with van der Waals surface area (Å²) in [5.74, 6) is -0.560. The van der Waals surface area contributed by atoms with Crippen molar-refractivity contribution in [3.05, 3.63) is 48.5 Å². The lowest BCUT2D eigenvalue weighted by molar-refractivity contribution is -0.274. The zero-order chi connectivity index (χ0) is 23.1. The van der Waals surface area contributed by atoms with E-state index < -0.39 is 32.2 Å². The van der Waals surface area contributed by atoms with E-state index in [2.05, 4.69) is 14.2 Å². The van der Waals surface area contributed by atoms with Gasteiger partial charge in [-0.15, -0.1) is 13.2 Å². The molecule has 13 heteroatoms. The van der Waals surface area contributed by atoms with Gasteiger partial charge in [0.05, 0.1) is 9.79 Å². The van der Waals surface area contributed by atoms with Crippen LogP contribution < -0.4 is 14.2 Å². The number of halogens is 3. The summed E-state index contributed by atoms with van der Waals surface area (Å²) >= 11 is 0. The lowest BCUT2D eigenvalue weighted by Crippen LogP contribution is -2.25. The summed E-state index contributed by atoms with van der Waals surface area (Å²) in [4.78, 5) is -0.352. The topological polar surface area (TPSA) is 111 Å². The van der Waals surface area contributed by atoms with E-state index in [1.54, 1.807) is 0 Å². The highest BCUT2D eigenvalue weighted by Gasteiger charge is 2.31. The number of rotatable bonds is 11. The Bertz CT molecular complexity index is 1050. The van der Waals surface area contributed by atoms with Crippen molar-refractivity contribution in [2.75, 3.05) is 24.5 Å². The van der Waals surface area contributed by atoms with Gasteiger partial charge >= 0.3 is 6.36 Å². The molecule has 0 unspecified atom stereocenters. The highest BCUT2D eigenvalue weighted by Crippen LogP contribution is 2.25. The van der Waals surface area contributed by atoms with Crippen molar-refractivity contribution in [3.63, 3.8) is 0 Å². The largest absolute Gasteiger partial charge is 0.573 e. The summed E-state index contributed by atoms with van der Waals surface area (Å²) in [5, 5.41) is 0. The van der Waals surface area contributed by atoms with Gasteiger partial charge in [0.15, 0.2) is 0 Å². The van der Waals surface area contributed by atoms with Gasteiger partial charge in [0.1, 0.15) is 5.75 Å². The van der Waals surface area contributed by atoms with Crippen LogP contribution in [0.4, 0.5) is 18.9 Å². The first-order valence-corrected chi connectivity index (χ1v) is 12.0. The van der Waals surface area contributed by atoms with E-state index in [0.717, 1.165) is 24.3 Å². The summed E-state index contributed by atoms with van der Waals surface area (Å²) < 4.78 is 99.3. The zero-order valence-electron chi connectivity index (χ0n) is 16.3. The van der Waals surface area contributed by atoms with Crippen molar-refractivity contribution in [1.82, 2.24) is 4.72 Å². The van der Waals surface area contributed by atoms with Crippen molar-refractivity contribution in [3.8, 4) is 5.75 Å². The van der Waals surface area contributed by atoms with Crippen LogP contribution in [-0.4, -0.2) is 43.0 Å². The Morgan fingerprint density at radius 2 is 1.42 bits per heavy atom. The van der Waals surface area contributed by atoms with Gasteiger partial charge in [-0.05, 0) is 61.9 Å². The Morgan fingerprint density at radius 3 is 1.97 bits per heavy atom. The van der Waals surface area contributed by atoms with Crippen LogP contribution in [0.2, 0.25) is 0 Å². The molecular weight excluding hydrogens is 461 g/mol. The maximum atomic E-state index is 12.4. The Morgan fingerprint density at radius 1 is 0.871 bits per heavy atom. The van der Waals surface area contributed by atoms with Gasteiger partial charge < -0.3 is 9.47 Å². The third-order valence-electron chi connectivity index (χ3n) is 3.75. The van der Waals surface area contributed by atoms with E-state index in [0.29, 0.717) is 19.6 Å². The number of hydrogen-bond acceptors (Lipinski definition) is 6. The molecule has 2 N–H and O–H groups in total. The molecule has 0 aliphatic carbocycles. The van der Waals surface area contributed by atoms with E-state index in [4.69, 9.17) is 4.74 Å². The minimum atomic E-state index is -4.89. The number of anilines is 1. The van der Waals surface area contributed by atoms with Crippen molar-refractivity contribution < 1.29 is 39.5 Å². The zero-order valence-corrected chi connectivity index (χ0v) is 18.0. The minimum absolute atomic E-state index is 0.0551. The van der Waals surface area contributed by atoms with E-state index >= 15 is 0 Å². The number of alkyl halides is 3. The Kier molecular flexibility index (Phi) is 8.28. The molecule has 0 bridgehead atoms. The second-order valence-electron chi connectivity index (χ2n) is 6.10. The van der Waals surface area contributed by atoms with E-state index in [-0.39, 0.29) is 22.0 Å². The molecule has 0 radical (unpaired) electrons. The van der Waals surface area contributed by atoms with Crippen molar-refractivity contribution >= 4 is 25.7 Å². The van der Waals surface area contributed by atoms with Crippen molar-refractivity contribution in [2.24, 2.45) is 0 Å². The molecule has 0 aromatic heterocycles. The van der Waals surface area contributed by atoms with Gasteiger partial charge in [0.25, 0.3) is 10.0 Å². The molecule has 172 valence electrons. The number of sulfonamides is 2. The highest BCUT2D eigenvalue weighted by molar-refractivity contribution is 7.92. The molecule has 0 aliphatic heterocycles. The molecule has 0 atom stereocenters. The maximum absolute atomic E-state index is 12.4. The molecule has 0 heterocycles. The first-order chi connectivity index (χ1) is 14.4. The lowest BCUT2D eigenvalue weighted by atomic mass is 10.3. The van der Waals surface area contributed by atoms with Crippen LogP contribution in [0.1, 0.15) is 13.3 Å². The van der Waals surface area contributed by atoms with Crippen LogP contribution in [0.5, 0.6) is 5.75 Å². The second kappa shape index (κ2) is 10.3. The Labute approximate surface area is 178 Å². The first-order valence-electron chi connectivity index (χ1n) is 8.99. The van der Waals surface area contributed by atoms with E-state index in [9.17, 15) is 30.0 Å². The molecule has 31 heavy (non-hydrogen) atoms. The van der Waals surface area contributed by atoms with Crippen LogP contribution in [0.25, 0.3) is 0 Å². The fraction of sp³-hybridized carbons (Fsp3) is 0.333. The van der Waals surface area contributed by atoms with Gasteiger partial charge in [-0.25, -0.2) is 21.6 Å². The van der Waals surface area contributed by atoms with Crippen molar-refractivity contribution in [2.45, 2.75) is 29.5 Å². The summed E-state index contributed by atoms with van der Waals surface area (Å²) in [6, 6.07) is 8.61. The highest BCUT2D eigenvalue weighted by atomic mass is 32.2. The predicted molar refractivity (Wildman–Crippen MR) is 107 cm³/mol. The lowest BCUT2D eigenvalue weighted by Gasteiger charge is -2.11. The standard InChI is InChI=1S/C18H21F3N2O6S2/c1-2-28-13-3-12-22-30(24,25)16-8-4-14(5-9-16)23-31(26,27)17-10-6-15(7-11-17)29-18(19,20)21/h4-11,22-23H,2-3,12-13H2,1H3. The normalized spacial score (nSPS) is 12.5. The molecule has 2 aromatic rings. The Hall–Kier alpha value is -2.35. The van der Waals surface area contributed by atoms with Gasteiger partial charge in [0, 0.05) is 25.4 Å². The average molecular weight is 483 g/mol. The monoisotopic (exact) mass is 482 g/mol. The summed E-state index contributed by atoms with van der Waals surface area (Å²) in [5.41, 5.74) is 0.0749. The molecule has 2 aromatic carbocycles. The van der Waals surface area contributed by atoms with Crippen molar-refractivity contribution in [1.29, 1.82) is 0 Å². The summed E-state index contributed by atoms with van der Waals surface area (Å²) in [6.45, 7) is 2.97.